The third kappa shape index (κ3) is 5.37. The third-order valence-electron chi connectivity index (χ3n) is 4.65. The summed E-state index contributed by atoms with van der Waals surface area (Å²) in [5.41, 5.74) is 13.6. The van der Waals surface area contributed by atoms with E-state index in [-0.39, 0.29) is 24.4 Å². The van der Waals surface area contributed by atoms with Crippen LogP contribution in [0, 0.1) is 0 Å². The van der Waals surface area contributed by atoms with Crippen LogP contribution in [0.3, 0.4) is 0 Å². The lowest BCUT2D eigenvalue weighted by molar-refractivity contribution is -0.139. The molecule has 1 fully saturated rings. The minimum atomic E-state index is -1.13. The first-order chi connectivity index (χ1) is 11.9. The van der Waals surface area contributed by atoms with E-state index < -0.39 is 19.2 Å². The fraction of sp³-hybridized carbons (Fsp3) is 0.529. The molecule has 0 aliphatic carbocycles. The van der Waals surface area contributed by atoms with Gasteiger partial charge in [-0.05, 0) is 23.6 Å². The zero-order chi connectivity index (χ0) is 18.4. The highest BCUT2D eigenvalue weighted by atomic mass is 16.5. The number of benzene rings is 1. The molecule has 1 saturated heterocycles. The molecule has 1 aliphatic rings. The molecule has 8 heteroatoms. The lowest BCUT2D eigenvalue weighted by atomic mass is 9.67. The minimum absolute atomic E-state index is 0.0948. The second kappa shape index (κ2) is 9.10. The van der Waals surface area contributed by atoms with Crippen molar-refractivity contribution in [2.75, 3.05) is 0 Å². The fourth-order valence-corrected chi connectivity index (χ4v) is 3.22. The van der Waals surface area contributed by atoms with Gasteiger partial charge in [0, 0.05) is 30.9 Å². The minimum Gasteiger partial charge on any atom is -0.481 e. The number of rotatable bonds is 7. The van der Waals surface area contributed by atoms with Crippen LogP contribution in [0.2, 0.25) is 5.82 Å². The summed E-state index contributed by atoms with van der Waals surface area (Å²) in [6.45, 7) is 0.667. The first kappa shape index (κ1) is 19.6. The van der Waals surface area contributed by atoms with Crippen LogP contribution in [0.1, 0.15) is 53.6 Å². The Balaban J connectivity index is 2.03. The topological polar surface area (TPSA) is 136 Å². The van der Waals surface area contributed by atoms with E-state index in [9.17, 15) is 14.6 Å². The van der Waals surface area contributed by atoms with Crippen molar-refractivity contribution in [2.45, 2.75) is 57.1 Å². The number of carbonyl (C=O) groups is 2. The highest BCUT2D eigenvalue weighted by Crippen LogP contribution is 2.30. The number of Topliss-reactive ketones (excluding diaryl/α,β-unsaturated/α-hetero) is 1. The maximum Gasteiger partial charge on any atom is 0.458 e. The standard InChI is InChI=1S/C17H25BN2O5/c19-9-12-5-4-11(6-13(12)10-20)16(21)7-14-2-1-3-15(8-17(22)23)25-18(14)24/h4-6,14-15,24H,1-3,7-10,19-20H2,(H,22,23)/t14-,15-/m1/s1. The Hall–Kier alpha value is -1.74. The summed E-state index contributed by atoms with van der Waals surface area (Å²) in [6, 6.07) is 5.28. The quantitative estimate of drug-likeness (QED) is 0.427. The van der Waals surface area contributed by atoms with Crippen molar-refractivity contribution in [2.24, 2.45) is 11.5 Å². The summed E-state index contributed by atoms with van der Waals surface area (Å²) in [7, 11) is -1.13. The van der Waals surface area contributed by atoms with Crippen LogP contribution in [0.5, 0.6) is 0 Å². The number of hydrogen-bond acceptors (Lipinski definition) is 6. The van der Waals surface area contributed by atoms with E-state index in [4.69, 9.17) is 21.2 Å². The van der Waals surface area contributed by atoms with Crippen molar-refractivity contribution in [1.29, 1.82) is 0 Å². The van der Waals surface area contributed by atoms with E-state index in [0.717, 1.165) is 11.1 Å². The van der Waals surface area contributed by atoms with E-state index in [1.165, 1.54) is 0 Å². The van der Waals surface area contributed by atoms with Gasteiger partial charge in [0.15, 0.2) is 5.78 Å². The van der Waals surface area contributed by atoms with Gasteiger partial charge in [0.05, 0.1) is 12.5 Å². The van der Waals surface area contributed by atoms with Crippen molar-refractivity contribution in [3.05, 3.63) is 34.9 Å². The van der Waals surface area contributed by atoms with Crippen molar-refractivity contribution in [3.8, 4) is 0 Å². The number of hydrogen-bond donors (Lipinski definition) is 4. The van der Waals surface area contributed by atoms with Gasteiger partial charge in [0.25, 0.3) is 0 Å². The molecule has 6 N–H and O–H groups in total. The zero-order valence-corrected chi connectivity index (χ0v) is 14.2. The number of nitrogens with two attached hydrogens (primary N) is 2. The number of carboxylic acid groups (broad SMARTS) is 1. The summed E-state index contributed by atoms with van der Waals surface area (Å²) < 4.78 is 5.44. The molecule has 136 valence electrons. The van der Waals surface area contributed by atoms with Crippen LogP contribution in [-0.2, 0) is 22.5 Å². The fourth-order valence-electron chi connectivity index (χ4n) is 3.22. The monoisotopic (exact) mass is 348 g/mol. The maximum atomic E-state index is 12.6. The predicted octanol–water partition coefficient (Wildman–Crippen LogP) is 1.07. The Morgan fingerprint density at radius 3 is 2.52 bits per heavy atom. The molecule has 25 heavy (non-hydrogen) atoms. The van der Waals surface area contributed by atoms with E-state index in [1.54, 1.807) is 18.2 Å². The highest BCUT2D eigenvalue weighted by Gasteiger charge is 2.34. The second-order valence-corrected chi connectivity index (χ2v) is 6.46. The van der Waals surface area contributed by atoms with Gasteiger partial charge < -0.3 is 26.3 Å². The number of carboxylic acids is 1. The molecule has 1 aromatic rings. The molecule has 1 heterocycles. The molecule has 0 radical (unpaired) electrons. The van der Waals surface area contributed by atoms with Crippen molar-refractivity contribution in [3.63, 3.8) is 0 Å². The van der Waals surface area contributed by atoms with Gasteiger partial charge in [-0.2, -0.15) is 0 Å². The van der Waals surface area contributed by atoms with E-state index in [1.807, 2.05) is 0 Å². The van der Waals surface area contributed by atoms with Gasteiger partial charge in [-0.15, -0.1) is 0 Å². The van der Waals surface area contributed by atoms with Gasteiger partial charge in [0.1, 0.15) is 0 Å². The molecule has 1 aliphatic heterocycles. The zero-order valence-electron chi connectivity index (χ0n) is 14.2. The largest absolute Gasteiger partial charge is 0.481 e. The Labute approximate surface area is 147 Å². The van der Waals surface area contributed by atoms with Crippen LogP contribution in [0.25, 0.3) is 0 Å². The summed E-state index contributed by atoms with van der Waals surface area (Å²) in [4.78, 5) is 23.4. The lowest BCUT2D eigenvalue weighted by Gasteiger charge is -2.18. The summed E-state index contributed by atoms with van der Waals surface area (Å²) in [5.74, 6) is -1.40. The Morgan fingerprint density at radius 1 is 1.16 bits per heavy atom. The van der Waals surface area contributed by atoms with Gasteiger partial charge >= 0.3 is 13.1 Å². The SMILES string of the molecule is NCc1ccc(C(=O)C[C@H]2CCC[C@H](CC(=O)O)OB2O)cc1CN. The van der Waals surface area contributed by atoms with Crippen molar-refractivity contribution < 1.29 is 24.4 Å². The van der Waals surface area contributed by atoms with Crippen LogP contribution in [0.4, 0.5) is 0 Å². The molecule has 2 atom stereocenters. The second-order valence-electron chi connectivity index (χ2n) is 6.46. The van der Waals surface area contributed by atoms with Crippen LogP contribution < -0.4 is 11.5 Å². The molecule has 7 nitrogen and oxygen atoms in total. The normalized spacial score (nSPS) is 21.0. The third-order valence-corrected chi connectivity index (χ3v) is 4.65. The molecule has 0 unspecified atom stereocenters. The number of ketones is 1. The van der Waals surface area contributed by atoms with Crippen LogP contribution in [0.15, 0.2) is 18.2 Å². The number of carbonyl (C=O) groups excluding carboxylic acids is 1. The molecule has 0 bridgehead atoms. The highest BCUT2D eigenvalue weighted by molar-refractivity contribution is 6.45. The van der Waals surface area contributed by atoms with Crippen molar-refractivity contribution in [1.82, 2.24) is 0 Å². The first-order valence-electron chi connectivity index (χ1n) is 8.55. The average Bonchev–Trinajstić information content (AvgIpc) is 2.75. The summed E-state index contributed by atoms with van der Waals surface area (Å²) >= 11 is 0. The lowest BCUT2D eigenvalue weighted by Crippen LogP contribution is -2.30. The van der Waals surface area contributed by atoms with Gasteiger partial charge in [-0.1, -0.05) is 25.0 Å². The smallest absolute Gasteiger partial charge is 0.458 e. The Morgan fingerprint density at radius 2 is 1.88 bits per heavy atom. The molecular weight excluding hydrogens is 323 g/mol. The Kier molecular flexibility index (Phi) is 7.13. The van der Waals surface area contributed by atoms with E-state index in [0.29, 0.717) is 37.9 Å². The average molecular weight is 348 g/mol. The molecule has 0 aromatic heterocycles. The van der Waals surface area contributed by atoms with Gasteiger partial charge in [-0.25, -0.2) is 0 Å². The van der Waals surface area contributed by atoms with Crippen molar-refractivity contribution >= 4 is 18.9 Å². The van der Waals surface area contributed by atoms with Crippen LogP contribution >= 0.6 is 0 Å². The van der Waals surface area contributed by atoms with Gasteiger partial charge in [-0.3, -0.25) is 9.59 Å². The molecule has 0 saturated carbocycles. The number of aliphatic carboxylic acids is 1. The predicted molar refractivity (Wildman–Crippen MR) is 93.9 cm³/mol. The van der Waals surface area contributed by atoms with Gasteiger partial charge in [0.2, 0.25) is 0 Å². The Bertz CT molecular complexity index is 625. The van der Waals surface area contributed by atoms with E-state index >= 15 is 0 Å². The van der Waals surface area contributed by atoms with E-state index in [2.05, 4.69) is 0 Å². The van der Waals surface area contributed by atoms with Crippen LogP contribution in [-0.4, -0.2) is 35.1 Å². The summed E-state index contributed by atoms with van der Waals surface area (Å²) in [6.07, 6.45) is 1.39. The molecule has 1 aromatic carbocycles. The summed E-state index contributed by atoms with van der Waals surface area (Å²) in [5, 5.41) is 19.1. The molecule has 2 rings (SSSR count). The molecular formula is C17H25BN2O5. The molecule has 0 amide bonds. The maximum absolute atomic E-state index is 12.6. The molecule has 0 spiro atoms. The first-order valence-corrected chi connectivity index (χ1v) is 8.55.